The molecule has 1 aromatic carbocycles. The molecule has 1 aliphatic carbocycles. The molecular formula is C19H21N5O4S. The molecule has 4 rings (SSSR count). The average Bonchev–Trinajstić information content (AvgIpc) is 3.37. The molecule has 0 unspecified atom stereocenters. The second-order valence-electron chi connectivity index (χ2n) is 7.22. The third kappa shape index (κ3) is 4.08. The minimum Gasteiger partial charge on any atom is -0.326 e. The first-order chi connectivity index (χ1) is 13.7. The Kier molecular flexibility index (Phi) is 4.75. The van der Waals surface area contributed by atoms with Crippen LogP contribution < -0.4 is 15.6 Å². The van der Waals surface area contributed by atoms with Crippen molar-refractivity contribution >= 4 is 27.3 Å². The summed E-state index contributed by atoms with van der Waals surface area (Å²) in [5, 5.41) is 5.39. The van der Waals surface area contributed by atoms with Crippen molar-refractivity contribution in [1.82, 2.24) is 19.3 Å². The van der Waals surface area contributed by atoms with Crippen LogP contribution >= 0.6 is 0 Å². The summed E-state index contributed by atoms with van der Waals surface area (Å²) in [6.07, 6.45) is 1.73. The molecule has 0 spiro atoms. The number of hydrogen-bond acceptors (Lipinski definition) is 5. The molecule has 9 nitrogen and oxygen atoms in total. The number of rotatable bonds is 6. The molecule has 2 aromatic heterocycles. The number of nitrogens with zero attached hydrogens (tertiary/aromatic N) is 2. The Bertz CT molecular complexity index is 1270. The summed E-state index contributed by atoms with van der Waals surface area (Å²) >= 11 is 0. The standard InChI is InChI=1S/C19H21N5O4S/c1-11-16(12(2)24-17(20-11)10-19(26)22-24)9-18(25)21-14-4-3-5-15(8-14)29(27,28)23-13-6-7-13/h3-5,8,10,13,23H,6-7,9H2,1-2H3,(H,21,25)(H,22,26). The number of aromatic amines is 1. The fourth-order valence-electron chi connectivity index (χ4n) is 3.21. The Hall–Kier alpha value is -2.98. The lowest BCUT2D eigenvalue weighted by atomic mass is 10.1. The van der Waals surface area contributed by atoms with Crippen LogP contribution in [0.25, 0.3) is 5.65 Å². The largest absolute Gasteiger partial charge is 0.326 e. The fourth-order valence-corrected chi connectivity index (χ4v) is 4.56. The zero-order chi connectivity index (χ0) is 20.8. The summed E-state index contributed by atoms with van der Waals surface area (Å²) in [6.45, 7) is 3.58. The number of carbonyl (C=O) groups is 1. The number of benzene rings is 1. The van der Waals surface area contributed by atoms with Crippen molar-refractivity contribution in [3.05, 3.63) is 57.6 Å². The van der Waals surface area contributed by atoms with Crippen molar-refractivity contribution in [3.63, 3.8) is 0 Å². The number of anilines is 1. The lowest BCUT2D eigenvalue weighted by Crippen LogP contribution is -2.26. The van der Waals surface area contributed by atoms with Crippen LogP contribution in [-0.2, 0) is 21.2 Å². The molecule has 0 saturated heterocycles. The second-order valence-corrected chi connectivity index (χ2v) is 8.94. The predicted octanol–water partition coefficient (Wildman–Crippen LogP) is 1.26. The molecular weight excluding hydrogens is 394 g/mol. The molecule has 29 heavy (non-hydrogen) atoms. The van der Waals surface area contributed by atoms with Crippen molar-refractivity contribution in [2.24, 2.45) is 0 Å². The molecule has 152 valence electrons. The van der Waals surface area contributed by atoms with Crippen molar-refractivity contribution in [2.75, 3.05) is 5.32 Å². The maximum absolute atomic E-state index is 12.6. The van der Waals surface area contributed by atoms with Crippen LogP contribution in [0.3, 0.4) is 0 Å². The fraction of sp³-hybridized carbons (Fsp3) is 0.316. The van der Waals surface area contributed by atoms with Gasteiger partial charge in [0.05, 0.1) is 11.3 Å². The summed E-state index contributed by atoms with van der Waals surface area (Å²) in [5.74, 6) is -0.309. The van der Waals surface area contributed by atoms with Gasteiger partial charge in [0.2, 0.25) is 15.9 Å². The highest BCUT2D eigenvalue weighted by atomic mass is 32.2. The maximum atomic E-state index is 12.6. The van der Waals surface area contributed by atoms with Gasteiger partial charge in [-0.1, -0.05) is 6.07 Å². The number of aryl methyl sites for hydroxylation is 2. The highest BCUT2D eigenvalue weighted by molar-refractivity contribution is 7.89. The maximum Gasteiger partial charge on any atom is 0.266 e. The van der Waals surface area contributed by atoms with Gasteiger partial charge >= 0.3 is 0 Å². The Morgan fingerprint density at radius 2 is 2.03 bits per heavy atom. The molecule has 1 aliphatic rings. The summed E-state index contributed by atoms with van der Waals surface area (Å²) < 4.78 is 28.9. The summed E-state index contributed by atoms with van der Waals surface area (Å²) in [7, 11) is -3.60. The van der Waals surface area contributed by atoms with Gasteiger partial charge in [0.1, 0.15) is 0 Å². The van der Waals surface area contributed by atoms with Gasteiger partial charge in [-0.2, -0.15) is 0 Å². The lowest BCUT2D eigenvalue weighted by Gasteiger charge is -2.12. The van der Waals surface area contributed by atoms with Crippen LogP contribution in [-0.4, -0.2) is 35.0 Å². The normalized spacial score (nSPS) is 14.3. The first-order valence-electron chi connectivity index (χ1n) is 9.23. The van der Waals surface area contributed by atoms with E-state index in [0.717, 1.165) is 18.5 Å². The highest BCUT2D eigenvalue weighted by Gasteiger charge is 2.28. The van der Waals surface area contributed by atoms with Gasteiger partial charge in [0.25, 0.3) is 5.56 Å². The number of carbonyl (C=O) groups excluding carboxylic acids is 1. The molecule has 3 N–H and O–H groups in total. The SMILES string of the molecule is Cc1nc2cc(=O)[nH]n2c(C)c1CC(=O)Nc1cccc(S(=O)(=O)NC2CC2)c1. The number of nitrogens with one attached hydrogen (secondary N) is 3. The first kappa shape index (κ1) is 19.3. The van der Waals surface area contributed by atoms with Gasteiger partial charge < -0.3 is 5.32 Å². The molecule has 1 saturated carbocycles. The average molecular weight is 415 g/mol. The van der Waals surface area contributed by atoms with Gasteiger partial charge in [-0.15, -0.1) is 0 Å². The van der Waals surface area contributed by atoms with E-state index in [1.54, 1.807) is 30.5 Å². The minimum absolute atomic E-state index is 0.00624. The third-order valence-corrected chi connectivity index (χ3v) is 6.39. The van der Waals surface area contributed by atoms with Gasteiger partial charge in [-0.25, -0.2) is 22.6 Å². The smallest absolute Gasteiger partial charge is 0.266 e. The zero-order valence-electron chi connectivity index (χ0n) is 16.0. The van der Waals surface area contributed by atoms with E-state index in [-0.39, 0.29) is 28.8 Å². The number of amides is 1. The van der Waals surface area contributed by atoms with Crippen molar-refractivity contribution in [1.29, 1.82) is 0 Å². The Balaban J connectivity index is 1.54. The quantitative estimate of drug-likeness (QED) is 0.559. The molecule has 10 heteroatoms. The molecule has 0 aliphatic heterocycles. The third-order valence-electron chi connectivity index (χ3n) is 4.87. The molecule has 3 aromatic rings. The van der Waals surface area contributed by atoms with E-state index in [2.05, 4.69) is 20.1 Å². The van der Waals surface area contributed by atoms with Crippen LogP contribution in [0.15, 0.2) is 40.0 Å². The number of hydrogen-bond donors (Lipinski definition) is 3. The van der Waals surface area contributed by atoms with Crippen LogP contribution in [0.2, 0.25) is 0 Å². The van der Waals surface area contributed by atoms with E-state index < -0.39 is 10.0 Å². The van der Waals surface area contributed by atoms with E-state index in [1.807, 2.05) is 0 Å². The topological polar surface area (TPSA) is 125 Å². The van der Waals surface area contributed by atoms with Crippen LogP contribution in [0.1, 0.15) is 29.8 Å². The number of H-pyrrole nitrogens is 1. The van der Waals surface area contributed by atoms with Crippen molar-refractivity contribution < 1.29 is 13.2 Å². The van der Waals surface area contributed by atoms with E-state index in [0.29, 0.717) is 22.6 Å². The van der Waals surface area contributed by atoms with Crippen LogP contribution in [0, 0.1) is 13.8 Å². The van der Waals surface area contributed by atoms with E-state index >= 15 is 0 Å². The number of aromatic nitrogens is 3. The lowest BCUT2D eigenvalue weighted by molar-refractivity contribution is -0.115. The highest BCUT2D eigenvalue weighted by Crippen LogP contribution is 2.23. The van der Waals surface area contributed by atoms with Gasteiger partial charge in [0.15, 0.2) is 5.65 Å². The minimum atomic E-state index is -3.60. The Labute approximate surface area is 167 Å². The molecule has 2 heterocycles. The van der Waals surface area contributed by atoms with Gasteiger partial charge in [0, 0.05) is 34.7 Å². The van der Waals surface area contributed by atoms with Crippen LogP contribution in [0.5, 0.6) is 0 Å². The van der Waals surface area contributed by atoms with Crippen molar-refractivity contribution in [3.8, 4) is 0 Å². The Morgan fingerprint density at radius 1 is 1.28 bits per heavy atom. The van der Waals surface area contributed by atoms with Crippen molar-refractivity contribution in [2.45, 2.75) is 44.0 Å². The monoisotopic (exact) mass is 415 g/mol. The zero-order valence-corrected chi connectivity index (χ0v) is 16.8. The summed E-state index contributed by atoms with van der Waals surface area (Å²) in [5.41, 5.74) is 2.69. The molecule has 0 bridgehead atoms. The summed E-state index contributed by atoms with van der Waals surface area (Å²) in [4.78, 5) is 28.6. The number of sulfonamides is 1. The van der Waals surface area contributed by atoms with E-state index in [4.69, 9.17) is 0 Å². The molecule has 0 radical (unpaired) electrons. The second kappa shape index (κ2) is 7.12. The van der Waals surface area contributed by atoms with Gasteiger partial charge in [-0.3, -0.25) is 14.7 Å². The molecule has 0 atom stereocenters. The molecule has 1 amide bonds. The molecule has 1 fully saturated rings. The Morgan fingerprint density at radius 3 is 2.76 bits per heavy atom. The summed E-state index contributed by atoms with van der Waals surface area (Å²) in [6, 6.07) is 7.56. The number of fused-ring (bicyclic) bond motifs is 1. The predicted molar refractivity (Wildman–Crippen MR) is 107 cm³/mol. The van der Waals surface area contributed by atoms with E-state index in [9.17, 15) is 18.0 Å². The van der Waals surface area contributed by atoms with Crippen LogP contribution in [0.4, 0.5) is 5.69 Å². The van der Waals surface area contributed by atoms with E-state index in [1.165, 1.54) is 18.2 Å². The first-order valence-corrected chi connectivity index (χ1v) is 10.7. The van der Waals surface area contributed by atoms with Gasteiger partial charge in [-0.05, 0) is 44.9 Å².